The normalized spacial score (nSPS) is 11.2. The number of thioether (sulfide) groups is 1. The van der Waals surface area contributed by atoms with Crippen molar-refractivity contribution in [1.29, 1.82) is 0 Å². The number of hydrogen-bond acceptors (Lipinski definition) is 3. The summed E-state index contributed by atoms with van der Waals surface area (Å²) in [6, 6.07) is 13.8. The SMILES string of the molecule is Cc1ccc(C)c(SCC(=O)Nc2ccc(NC(=O)c3ccccc3F)cc2C(F)(F)F)c1. The molecular formula is C24H20F4N2O2S. The first-order chi connectivity index (χ1) is 15.5. The minimum absolute atomic E-state index is 0.0760. The summed E-state index contributed by atoms with van der Waals surface area (Å²) >= 11 is 1.23. The summed E-state index contributed by atoms with van der Waals surface area (Å²) in [7, 11) is 0. The zero-order valence-electron chi connectivity index (χ0n) is 17.7. The molecule has 0 heterocycles. The number of halogens is 4. The molecule has 0 aliphatic heterocycles. The van der Waals surface area contributed by atoms with Gasteiger partial charge in [-0.25, -0.2) is 4.39 Å². The number of amides is 2. The van der Waals surface area contributed by atoms with Crippen molar-refractivity contribution in [3.63, 3.8) is 0 Å². The molecule has 0 aliphatic carbocycles. The lowest BCUT2D eigenvalue weighted by Crippen LogP contribution is -2.19. The minimum atomic E-state index is -4.79. The zero-order valence-corrected chi connectivity index (χ0v) is 18.5. The average molecular weight is 476 g/mol. The van der Waals surface area contributed by atoms with E-state index in [2.05, 4.69) is 10.6 Å². The lowest BCUT2D eigenvalue weighted by atomic mass is 10.1. The number of carbonyl (C=O) groups is 2. The van der Waals surface area contributed by atoms with Gasteiger partial charge in [0.25, 0.3) is 5.91 Å². The maximum atomic E-state index is 13.8. The fraction of sp³-hybridized carbons (Fsp3) is 0.167. The van der Waals surface area contributed by atoms with Crippen LogP contribution < -0.4 is 10.6 Å². The molecule has 172 valence electrons. The van der Waals surface area contributed by atoms with Crippen molar-refractivity contribution in [3.8, 4) is 0 Å². The Morgan fingerprint density at radius 2 is 1.67 bits per heavy atom. The molecule has 0 aromatic heterocycles. The lowest BCUT2D eigenvalue weighted by Gasteiger charge is -2.16. The quantitative estimate of drug-likeness (QED) is 0.318. The van der Waals surface area contributed by atoms with Gasteiger partial charge >= 0.3 is 6.18 Å². The van der Waals surface area contributed by atoms with E-state index in [4.69, 9.17) is 0 Å². The summed E-state index contributed by atoms with van der Waals surface area (Å²) in [6.07, 6.45) is -4.79. The summed E-state index contributed by atoms with van der Waals surface area (Å²) in [5.74, 6) is -2.36. The van der Waals surface area contributed by atoms with Crippen LogP contribution in [0.1, 0.15) is 27.0 Å². The van der Waals surface area contributed by atoms with Gasteiger partial charge in [0.15, 0.2) is 0 Å². The monoisotopic (exact) mass is 476 g/mol. The summed E-state index contributed by atoms with van der Waals surface area (Å²) in [5.41, 5.74) is -0.0673. The molecule has 2 N–H and O–H groups in total. The van der Waals surface area contributed by atoms with Crippen LogP contribution in [0, 0.1) is 19.7 Å². The fourth-order valence-corrected chi connectivity index (χ4v) is 3.93. The molecule has 3 rings (SSSR count). The number of benzene rings is 3. The van der Waals surface area contributed by atoms with Crippen LogP contribution in [0.3, 0.4) is 0 Å². The second-order valence-electron chi connectivity index (χ2n) is 7.30. The van der Waals surface area contributed by atoms with Crippen LogP contribution in [-0.4, -0.2) is 17.6 Å². The Kier molecular flexibility index (Phi) is 7.43. The fourth-order valence-electron chi connectivity index (χ4n) is 3.00. The van der Waals surface area contributed by atoms with Gasteiger partial charge in [-0.05, 0) is 55.8 Å². The Morgan fingerprint density at radius 3 is 2.36 bits per heavy atom. The van der Waals surface area contributed by atoms with Crippen LogP contribution in [0.15, 0.2) is 65.6 Å². The van der Waals surface area contributed by atoms with Crippen LogP contribution in [0.25, 0.3) is 0 Å². The zero-order chi connectivity index (χ0) is 24.2. The van der Waals surface area contributed by atoms with Crippen LogP contribution in [0.2, 0.25) is 0 Å². The molecule has 0 saturated carbocycles. The molecule has 0 radical (unpaired) electrons. The van der Waals surface area contributed by atoms with Crippen molar-refractivity contribution in [1.82, 2.24) is 0 Å². The largest absolute Gasteiger partial charge is 0.418 e. The van der Waals surface area contributed by atoms with Gasteiger partial charge in [-0.2, -0.15) is 13.2 Å². The number of alkyl halides is 3. The first-order valence-corrected chi connectivity index (χ1v) is 10.8. The highest BCUT2D eigenvalue weighted by molar-refractivity contribution is 8.00. The lowest BCUT2D eigenvalue weighted by molar-refractivity contribution is -0.136. The van der Waals surface area contributed by atoms with E-state index in [1.165, 1.54) is 36.0 Å². The maximum absolute atomic E-state index is 13.8. The predicted octanol–water partition coefficient (Wildman–Crippen LogP) is 6.44. The van der Waals surface area contributed by atoms with Crippen molar-refractivity contribution in [2.45, 2.75) is 24.9 Å². The van der Waals surface area contributed by atoms with Crippen LogP contribution in [0.4, 0.5) is 28.9 Å². The van der Waals surface area contributed by atoms with E-state index < -0.39 is 35.1 Å². The molecular weight excluding hydrogens is 456 g/mol. The summed E-state index contributed by atoms with van der Waals surface area (Å²) in [4.78, 5) is 25.4. The van der Waals surface area contributed by atoms with Gasteiger partial charge in [-0.1, -0.05) is 29.8 Å². The summed E-state index contributed by atoms with van der Waals surface area (Å²) in [6.45, 7) is 3.79. The molecule has 3 aromatic rings. The van der Waals surface area contributed by atoms with Gasteiger partial charge in [-0.15, -0.1) is 11.8 Å². The first-order valence-electron chi connectivity index (χ1n) is 9.81. The molecule has 0 atom stereocenters. The third kappa shape index (κ3) is 6.35. The molecule has 0 spiro atoms. The van der Waals surface area contributed by atoms with E-state index in [-0.39, 0.29) is 17.0 Å². The molecule has 0 bridgehead atoms. The molecule has 3 aromatic carbocycles. The Bertz CT molecular complexity index is 1200. The topological polar surface area (TPSA) is 58.2 Å². The van der Waals surface area contributed by atoms with Gasteiger partial charge in [0, 0.05) is 10.6 Å². The standard InChI is InChI=1S/C24H20F4N2O2S/c1-14-7-8-15(2)21(11-14)33-13-22(31)30-20-10-9-16(12-18(20)24(26,27)28)29-23(32)17-5-3-4-6-19(17)25/h3-12H,13H2,1-2H3,(H,29,32)(H,30,31). The average Bonchev–Trinajstić information content (AvgIpc) is 2.75. The predicted molar refractivity (Wildman–Crippen MR) is 121 cm³/mol. The Morgan fingerprint density at radius 1 is 0.939 bits per heavy atom. The Balaban J connectivity index is 1.75. The number of carbonyl (C=O) groups excluding carboxylic acids is 2. The molecule has 2 amide bonds. The highest BCUT2D eigenvalue weighted by Crippen LogP contribution is 2.37. The van der Waals surface area contributed by atoms with E-state index in [1.807, 2.05) is 32.0 Å². The molecule has 33 heavy (non-hydrogen) atoms. The van der Waals surface area contributed by atoms with Crippen LogP contribution in [0.5, 0.6) is 0 Å². The van der Waals surface area contributed by atoms with Gasteiger partial charge in [-0.3, -0.25) is 9.59 Å². The number of hydrogen-bond donors (Lipinski definition) is 2. The van der Waals surface area contributed by atoms with Crippen molar-refractivity contribution in [2.75, 3.05) is 16.4 Å². The van der Waals surface area contributed by atoms with Crippen molar-refractivity contribution in [3.05, 3.63) is 88.7 Å². The van der Waals surface area contributed by atoms with Gasteiger partial charge in [0.05, 0.1) is 22.6 Å². The minimum Gasteiger partial charge on any atom is -0.325 e. The second-order valence-corrected chi connectivity index (χ2v) is 8.32. The van der Waals surface area contributed by atoms with Crippen molar-refractivity contribution < 1.29 is 27.2 Å². The van der Waals surface area contributed by atoms with E-state index in [9.17, 15) is 27.2 Å². The molecule has 0 saturated heterocycles. The van der Waals surface area contributed by atoms with E-state index in [0.29, 0.717) is 6.07 Å². The van der Waals surface area contributed by atoms with Gasteiger partial charge in [0.2, 0.25) is 5.91 Å². The number of anilines is 2. The van der Waals surface area contributed by atoms with Gasteiger partial charge < -0.3 is 10.6 Å². The second kappa shape index (κ2) is 10.1. The Labute approximate surface area is 192 Å². The van der Waals surface area contributed by atoms with E-state index in [1.54, 1.807) is 0 Å². The Hall–Kier alpha value is -3.33. The molecule has 0 aliphatic rings. The molecule has 4 nitrogen and oxygen atoms in total. The van der Waals surface area contributed by atoms with E-state index >= 15 is 0 Å². The first kappa shape index (κ1) is 24.3. The van der Waals surface area contributed by atoms with E-state index in [0.717, 1.165) is 28.2 Å². The van der Waals surface area contributed by atoms with Crippen molar-refractivity contribution >= 4 is 35.0 Å². The summed E-state index contributed by atoms with van der Waals surface area (Å²) in [5, 5.41) is 4.54. The number of nitrogens with one attached hydrogen (secondary N) is 2. The third-order valence-electron chi connectivity index (χ3n) is 4.68. The highest BCUT2D eigenvalue weighted by atomic mass is 32.2. The number of rotatable bonds is 6. The van der Waals surface area contributed by atoms with Gasteiger partial charge in [0.1, 0.15) is 5.82 Å². The van der Waals surface area contributed by atoms with Crippen LogP contribution in [-0.2, 0) is 11.0 Å². The summed E-state index contributed by atoms with van der Waals surface area (Å²) < 4.78 is 54.6. The van der Waals surface area contributed by atoms with Crippen LogP contribution >= 0.6 is 11.8 Å². The smallest absolute Gasteiger partial charge is 0.325 e. The third-order valence-corrected chi connectivity index (χ3v) is 5.84. The highest BCUT2D eigenvalue weighted by Gasteiger charge is 2.34. The number of aryl methyl sites for hydroxylation is 2. The van der Waals surface area contributed by atoms with Crippen molar-refractivity contribution in [2.24, 2.45) is 0 Å². The maximum Gasteiger partial charge on any atom is 0.418 e. The molecule has 9 heteroatoms. The molecule has 0 unspecified atom stereocenters. The molecule has 0 fully saturated rings.